The maximum Gasteiger partial charge on any atom is 0.272 e. The molecule has 0 fully saturated rings. The molecule has 0 radical (unpaired) electrons. The molecule has 0 aromatic heterocycles. The Morgan fingerprint density at radius 3 is 2.54 bits per heavy atom. The summed E-state index contributed by atoms with van der Waals surface area (Å²) in [7, 11) is 0. The molecule has 1 atom stereocenters. The second-order valence-electron chi connectivity index (χ2n) is 5.90. The molecular formula is C19H21FN3O+. The van der Waals surface area contributed by atoms with E-state index in [0.717, 1.165) is 31.8 Å². The Labute approximate surface area is 141 Å². The van der Waals surface area contributed by atoms with Crippen LogP contribution in [-0.2, 0) is 6.54 Å². The van der Waals surface area contributed by atoms with Crippen LogP contribution in [0.5, 0.6) is 0 Å². The molecule has 0 aliphatic carbocycles. The van der Waals surface area contributed by atoms with E-state index in [1.54, 1.807) is 12.1 Å². The zero-order valence-electron chi connectivity index (χ0n) is 13.4. The number of halogens is 1. The number of hydrogen-bond donors (Lipinski definition) is 3. The molecule has 2 aromatic carbocycles. The molecular weight excluding hydrogens is 305 g/mol. The van der Waals surface area contributed by atoms with Gasteiger partial charge in [0.15, 0.2) is 0 Å². The van der Waals surface area contributed by atoms with E-state index in [9.17, 15) is 9.18 Å². The number of carbonyl (C=O) groups excluding carboxylic acids is 1. The van der Waals surface area contributed by atoms with Crippen LogP contribution in [0.1, 0.15) is 22.3 Å². The number of benzene rings is 2. The first-order chi connectivity index (χ1) is 11.7. The Morgan fingerprint density at radius 1 is 1.08 bits per heavy atom. The van der Waals surface area contributed by atoms with Crippen molar-refractivity contribution in [2.45, 2.75) is 13.0 Å². The van der Waals surface area contributed by atoms with Crippen LogP contribution < -0.4 is 15.8 Å². The summed E-state index contributed by atoms with van der Waals surface area (Å²) in [6.45, 7) is 2.88. The average molecular weight is 326 g/mol. The van der Waals surface area contributed by atoms with Crippen LogP contribution >= 0.6 is 0 Å². The molecule has 5 heteroatoms. The van der Waals surface area contributed by atoms with Gasteiger partial charge in [-0.05, 0) is 18.2 Å². The maximum absolute atomic E-state index is 13.6. The quantitative estimate of drug-likeness (QED) is 0.728. The molecule has 0 bridgehead atoms. The van der Waals surface area contributed by atoms with E-state index in [2.05, 4.69) is 41.2 Å². The van der Waals surface area contributed by atoms with Gasteiger partial charge in [-0.3, -0.25) is 10.2 Å². The Balaban J connectivity index is 1.49. The van der Waals surface area contributed by atoms with Crippen LogP contribution in [0.2, 0.25) is 0 Å². The summed E-state index contributed by atoms with van der Waals surface area (Å²) in [6, 6.07) is 16.4. The van der Waals surface area contributed by atoms with Crippen LogP contribution in [-0.4, -0.2) is 19.0 Å². The van der Waals surface area contributed by atoms with Gasteiger partial charge in [-0.1, -0.05) is 42.5 Å². The molecule has 1 aliphatic rings. The van der Waals surface area contributed by atoms with Crippen molar-refractivity contribution in [3.05, 3.63) is 83.3 Å². The van der Waals surface area contributed by atoms with Gasteiger partial charge in [0.1, 0.15) is 12.4 Å². The number of hydrazine groups is 1. The van der Waals surface area contributed by atoms with Gasteiger partial charge in [0.2, 0.25) is 0 Å². The van der Waals surface area contributed by atoms with E-state index in [1.807, 2.05) is 6.07 Å². The summed E-state index contributed by atoms with van der Waals surface area (Å²) < 4.78 is 13.6. The lowest BCUT2D eigenvalue weighted by molar-refractivity contribution is -0.909. The van der Waals surface area contributed by atoms with Gasteiger partial charge >= 0.3 is 0 Å². The first kappa shape index (κ1) is 16.2. The standard InChI is InChI=1S/C19H20FN3O/c20-18-9-5-4-8-17(18)19(24)22-21-16-10-12-23(13-11-16)14-15-6-2-1-3-7-15/h1-10,21H,11-14H2,(H,22,24)/p+1. The predicted molar refractivity (Wildman–Crippen MR) is 90.5 cm³/mol. The van der Waals surface area contributed by atoms with Gasteiger partial charge < -0.3 is 10.3 Å². The van der Waals surface area contributed by atoms with Gasteiger partial charge in [0.25, 0.3) is 5.91 Å². The molecule has 1 unspecified atom stereocenters. The first-order valence-corrected chi connectivity index (χ1v) is 8.10. The normalized spacial score (nSPS) is 17.0. The van der Waals surface area contributed by atoms with E-state index >= 15 is 0 Å². The van der Waals surface area contributed by atoms with Crippen molar-refractivity contribution in [1.82, 2.24) is 10.9 Å². The first-order valence-electron chi connectivity index (χ1n) is 8.10. The summed E-state index contributed by atoms with van der Waals surface area (Å²) in [5.41, 5.74) is 7.81. The second kappa shape index (κ2) is 7.75. The molecule has 3 rings (SSSR count). The molecule has 24 heavy (non-hydrogen) atoms. The summed E-state index contributed by atoms with van der Waals surface area (Å²) in [4.78, 5) is 13.4. The lowest BCUT2D eigenvalue weighted by atomic mass is 10.1. The number of rotatable bonds is 5. The van der Waals surface area contributed by atoms with Crippen molar-refractivity contribution in [1.29, 1.82) is 0 Å². The Kier molecular flexibility index (Phi) is 5.23. The highest BCUT2D eigenvalue weighted by molar-refractivity contribution is 5.94. The molecule has 2 aromatic rings. The van der Waals surface area contributed by atoms with Crippen LogP contribution in [0.3, 0.4) is 0 Å². The van der Waals surface area contributed by atoms with E-state index in [-0.39, 0.29) is 5.56 Å². The van der Waals surface area contributed by atoms with E-state index < -0.39 is 11.7 Å². The zero-order valence-corrected chi connectivity index (χ0v) is 13.4. The Hall–Kier alpha value is -2.66. The van der Waals surface area contributed by atoms with Crippen molar-refractivity contribution in [2.75, 3.05) is 13.1 Å². The summed E-state index contributed by atoms with van der Waals surface area (Å²) in [5.74, 6) is -0.985. The maximum atomic E-state index is 13.6. The highest BCUT2D eigenvalue weighted by atomic mass is 19.1. The third-order valence-corrected chi connectivity index (χ3v) is 4.14. The van der Waals surface area contributed by atoms with Gasteiger partial charge in [0, 0.05) is 17.7 Å². The minimum atomic E-state index is -0.520. The van der Waals surface area contributed by atoms with Crippen LogP contribution in [0.4, 0.5) is 4.39 Å². The van der Waals surface area contributed by atoms with Crippen molar-refractivity contribution in [2.24, 2.45) is 0 Å². The van der Waals surface area contributed by atoms with Gasteiger partial charge in [-0.2, -0.15) is 0 Å². The summed E-state index contributed by atoms with van der Waals surface area (Å²) in [5, 5.41) is 0. The third-order valence-electron chi connectivity index (χ3n) is 4.14. The number of nitrogens with one attached hydrogen (secondary N) is 3. The molecule has 0 spiro atoms. The molecule has 3 N–H and O–H groups in total. The van der Waals surface area contributed by atoms with E-state index in [0.29, 0.717) is 0 Å². The Bertz CT molecular complexity index is 730. The van der Waals surface area contributed by atoms with Crippen LogP contribution in [0.25, 0.3) is 0 Å². The largest absolute Gasteiger partial charge is 0.328 e. The van der Waals surface area contributed by atoms with Crippen LogP contribution in [0, 0.1) is 5.82 Å². The molecule has 1 aliphatic heterocycles. The fourth-order valence-electron chi connectivity index (χ4n) is 2.79. The molecule has 1 heterocycles. The zero-order chi connectivity index (χ0) is 16.8. The smallest absolute Gasteiger partial charge is 0.272 e. The lowest BCUT2D eigenvalue weighted by Gasteiger charge is -2.24. The molecule has 124 valence electrons. The highest BCUT2D eigenvalue weighted by Gasteiger charge is 2.16. The number of carbonyl (C=O) groups is 1. The number of amides is 1. The summed E-state index contributed by atoms with van der Waals surface area (Å²) >= 11 is 0. The average Bonchev–Trinajstić information content (AvgIpc) is 2.62. The predicted octanol–water partition coefficient (Wildman–Crippen LogP) is 1.43. The Morgan fingerprint density at radius 2 is 1.83 bits per heavy atom. The fourth-order valence-corrected chi connectivity index (χ4v) is 2.79. The minimum absolute atomic E-state index is 0.0396. The monoisotopic (exact) mass is 326 g/mol. The molecule has 1 amide bonds. The number of quaternary nitrogens is 1. The molecule has 0 saturated carbocycles. The second-order valence-corrected chi connectivity index (χ2v) is 5.90. The topological polar surface area (TPSA) is 45.6 Å². The van der Waals surface area contributed by atoms with E-state index in [1.165, 1.54) is 22.6 Å². The van der Waals surface area contributed by atoms with Gasteiger partial charge in [-0.25, -0.2) is 4.39 Å². The molecule has 4 nitrogen and oxygen atoms in total. The third kappa shape index (κ3) is 4.20. The van der Waals surface area contributed by atoms with Gasteiger partial charge in [0.05, 0.1) is 18.7 Å². The van der Waals surface area contributed by atoms with E-state index in [4.69, 9.17) is 0 Å². The SMILES string of the molecule is O=C(NNC1=CC[NH+](Cc2ccccc2)CC1)c1ccccc1F. The lowest BCUT2D eigenvalue weighted by Crippen LogP contribution is -3.11. The summed E-state index contributed by atoms with van der Waals surface area (Å²) in [6.07, 6.45) is 2.93. The highest BCUT2D eigenvalue weighted by Crippen LogP contribution is 2.06. The van der Waals surface area contributed by atoms with Crippen molar-refractivity contribution >= 4 is 5.91 Å². The van der Waals surface area contributed by atoms with Crippen molar-refractivity contribution in [3.8, 4) is 0 Å². The van der Waals surface area contributed by atoms with Crippen LogP contribution in [0.15, 0.2) is 66.4 Å². The molecule has 0 saturated heterocycles. The fraction of sp³-hybridized carbons (Fsp3) is 0.211. The van der Waals surface area contributed by atoms with Crippen molar-refractivity contribution in [3.63, 3.8) is 0 Å². The van der Waals surface area contributed by atoms with Gasteiger partial charge in [-0.15, -0.1) is 0 Å². The van der Waals surface area contributed by atoms with Crippen molar-refractivity contribution < 1.29 is 14.1 Å². The number of hydrogen-bond acceptors (Lipinski definition) is 2. The minimum Gasteiger partial charge on any atom is -0.328 e.